The molecule has 0 bridgehead atoms. The Kier molecular flexibility index (Phi) is 6.28. The molecular weight excluding hydrogens is 196 g/mol. The van der Waals surface area contributed by atoms with Crippen molar-refractivity contribution in [2.45, 2.75) is 80.1 Å². The molecule has 0 radical (unpaired) electrons. The molecule has 0 spiro atoms. The van der Waals surface area contributed by atoms with Crippen LogP contribution in [0.4, 0.5) is 0 Å². The Labute approximate surface area is 102 Å². The number of Topliss-reactive ketones (excluding diaryl/α,β-unsaturated/α-hetero) is 1. The summed E-state index contributed by atoms with van der Waals surface area (Å²) in [5, 5.41) is 0. The first-order valence-corrected chi connectivity index (χ1v) is 6.84. The van der Waals surface area contributed by atoms with E-state index in [9.17, 15) is 4.79 Å². The van der Waals surface area contributed by atoms with E-state index >= 15 is 0 Å². The fourth-order valence-electron chi connectivity index (χ4n) is 2.11. The summed E-state index contributed by atoms with van der Waals surface area (Å²) < 4.78 is 0. The van der Waals surface area contributed by atoms with Crippen molar-refractivity contribution in [1.82, 2.24) is 0 Å². The SMILES string of the molecule is CCC(C)(CC)CCCC(C)(CC)C(C)=O. The lowest BCUT2D eigenvalue weighted by molar-refractivity contribution is -0.126. The minimum Gasteiger partial charge on any atom is -0.299 e. The van der Waals surface area contributed by atoms with Crippen LogP contribution in [-0.4, -0.2) is 5.78 Å². The van der Waals surface area contributed by atoms with Crippen LogP contribution in [0.5, 0.6) is 0 Å². The summed E-state index contributed by atoms with van der Waals surface area (Å²) in [7, 11) is 0. The summed E-state index contributed by atoms with van der Waals surface area (Å²) in [5.41, 5.74) is 0.397. The van der Waals surface area contributed by atoms with E-state index in [4.69, 9.17) is 0 Å². The van der Waals surface area contributed by atoms with E-state index in [0.29, 0.717) is 11.2 Å². The monoisotopic (exact) mass is 226 g/mol. The zero-order chi connectivity index (χ0) is 12.8. The predicted molar refractivity (Wildman–Crippen MR) is 71.6 cm³/mol. The highest BCUT2D eigenvalue weighted by Crippen LogP contribution is 2.35. The molecule has 0 saturated heterocycles. The van der Waals surface area contributed by atoms with Crippen LogP contribution in [0.2, 0.25) is 0 Å². The minimum atomic E-state index is -0.0810. The molecule has 96 valence electrons. The predicted octanol–water partition coefficient (Wildman–Crippen LogP) is 4.99. The van der Waals surface area contributed by atoms with Gasteiger partial charge in [-0.3, -0.25) is 4.79 Å². The Balaban J connectivity index is 4.20. The molecule has 0 aliphatic carbocycles. The normalized spacial score (nSPS) is 15.9. The lowest BCUT2D eigenvalue weighted by Crippen LogP contribution is -2.25. The zero-order valence-electron chi connectivity index (χ0n) is 12.2. The molecule has 0 rings (SSSR count). The Morgan fingerprint density at radius 3 is 1.75 bits per heavy atom. The fourth-order valence-corrected chi connectivity index (χ4v) is 2.11. The van der Waals surface area contributed by atoms with Crippen LogP contribution in [0.3, 0.4) is 0 Å². The Morgan fingerprint density at radius 2 is 1.44 bits per heavy atom. The molecule has 1 unspecified atom stereocenters. The van der Waals surface area contributed by atoms with E-state index in [0.717, 1.165) is 12.8 Å². The molecule has 0 aromatic carbocycles. The van der Waals surface area contributed by atoms with Gasteiger partial charge >= 0.3 is 0 Å². The van der Waals surface area contributed by atoms with Crippen LogP contribution in [0.25, 0.3) is 0 Å². The second-order valence-electron chi connectivity index (χ2n) is 5.84. The number of hydrogen-bond donors (Lipinski definition) is 0. The van der Waals surface area contributed by atoms with Crippen LogP contribution < -0.4 is 0 Å². The van der Waals surface area contributed by atoms with Gasteiger partial charge in [0.05, 0.1) is 0 Å². The highest BCUT2D eigenvalue weighted by molar-refractivity contribution is 5.81. The molecule has 0 N–H and O–H groups in total. The van der Waals surface area contributed by atoms with Gasteiger partial charge in [0.25, 0.3) is 0 Å². The van der Waals surface area contributed by atoms with Gasteiger partial charge in [-0.1, -0.05) is 53.9 Å². The number of carbonyl (C=O) groups excluding carboxylic acids is 1. The Hall–Kier alpha value is -0.330. The van der Waals surface area contributed by atoms with Gasteiger partial charge in [-0.25, -0.2) is 0 Å². The molecule has 0 fully saturated rings. The van der Waals surface area contributed by atoms with Crippen molar-refractivity contribution in [2.24, 2.45) is 10.8 Å². The highest BCUT2D eigenvalue weighted by atomic mass is 16.1. The molecule has 0 aromatic rings. The van der Waals surface area contributed by atoms with Gasteiger partial charge in [-0.15, -0.1) is 0 Å². The van der Waals surface area contributed by atoms with Crippen molar-refractivity contribution in [3.8, 4) is 0 Å². The minimum absolute atomic E-state index is 0.0810. The van der Waals surface area contributed by atoms with Crippen molar-refractivity contribution < 1.29 is 4.79 Å². The first-order chi connectivity index (χ1) is 7.33. The molecule has 0 aliphatic heterocycles. The van der Waals surface area contributed by atoms with Gasteiger partial charge < -0.3 is 0 Å². The van der Waals surface area contributed by atoms with E-state index in [1.807, 2.05) is 0 Å². The lowest BCUT2D eigenvalue weighted by Gasteiger charge is -2.30. The summed E-state index contributed by atoms with van der Waals surface area (Å²) in [6, 6.07) is 0. The molecule has 1 atom stereocenters. The van der Waals surface area contributed by atoms with E-state index in [2.05, 4.69) is 34.6 Å². The maximum Gasteiger partial charge on any atom is 0.135 e. The molecule has 0 heterocycles. The van der Waals surface area contributed by atoms with E-state index in [1.54, 1.807) is 6.92 Å². The Morgan fingerprint density at radius 1 is 0.938 bits per heavy atom. The standard InChI is InChI=1S/C15H30O/c1-7-14(5,8-2)11-10-12-15(6,9-3)13(4)16/h7-12H2,1-6H3. The van der Waals surface area contributed by atoms with Gasteiger partial charge in [0.15, 0.2) is 0 Å². The summed E-state index contributed by atoms with van der Waals surface area (Å²) in [4.78, 5) is 11.6. The van der Waals surface area contributed by atoms with Crippen molar-refractivity contribution in [1.29, 1.82) is 0 Å². The molecule has 1 heteroatoms. The van der Waals surface area contributed by atoms with Gasteiger partial charge in [-0.05, 0) is 31.6 Å². The largest absolute Gasteiger partial charge is 0.299 e. The molecule has 0 aromatic heterocycles. The molecule has 0 aliphatic rings. The Bertz CT molecular complexity index is 215. The number of rotatable bonds is 8. The van der Waals surface area contributed by atoms with Gasteiger partial charge in [0, 0.05) is 5.41 Å². The van der Waals surface area contributed by atoms with Crippen LogP contribution in [0, 0.1) is 10.8 Å². The van der Waals surface area contributed by atoms with E-state index in [1.165, 1.54) is 25.7 Å². The van der Waals surface area contributed by atoms with Crippen molar-refractivity contribution in [2.75, 3.05) is 0 Å². The van der Waals surface area contributed by atoms with Crippen LogP contribution >= 0.6 is 0 Å². The molecule has 16 heavy (non-hydrogen) atoms. The summed E-state index contributed by atoms with van der Waals surface area (Å²) in [5.74, 6) is 0.352. The van der Waals surface area contributed by atoms with Crippen LogP contribution in [-0.2, 0) is 4.79 Å². The second-order valence-corrected chi connectivity index (χ2v) is 5.84. The number of ketones is 1. The summed E-state index contributed by atoms with van der Waals surface area (Å²) in [6.07, 6.45) is 6.94. The second kappa shape index (κ2) is 6.42. The van der Waals surface area contributed by atoms with Gasteiger partial charge in [0.1, 0.15) is 5.78 Å². The smallest absolute Gasteiger partial charge is 0.135 e. The van der Waals surface area contributed by atoms with Gasteiger partial charge in [0.2, 0.25) is 0 Å². The molecular formula is C15H30O. The summed E-state index contributed by atoms with van der Waals surface area (Å²) in [6.45, 7) is 12.9. The first-order valence-electron chi connectivity index (χ1n) is 6.84. The molecule has 0 amide bonds. The van der Waals surface area contributed by atoms with Crippen molar-refractivity contribution in [3.63, 3.8) is 0 Å². The van der Waals surface area contributed by atoms with E-state index in [-0.39, 0.29) is 5.41 Å². The quantitative estimate of drug-likeness (QED) is 0.570. The first kappa shape index (κ1) is 15.7. The number of hydrogen-bond acceptors (Lipinski definition) is 1. The average molecular weight is 226 g/mol. The molecule has 1 nitrogen and oxygen atoms in total. The van der Waals surface area contributed by atoms with Crippen LogP contribution in [0.15, 0.2) is 0 Å². The lowest BCUT2D eigenvalue weighted by atomic mass is 9.74. The van der Waals surface area contributed by atoms with Crippen molar-refractivity contribution >= 4 is 5.78 Å². The van der Waals surface area contributed by atoms with Crippen molar-refractivity contribution in [3.05, 3.63) is 0 Å². The number of carbonyl (C=O) groups is 1. The molecule has 0 saturated carbocycles. The third kappa shape index (κ3) is 4.27. The fraction of sp³-hybridized carbons (Fsp3) is 0.933. The maximum absolute atomic E-state index is 11.6. The third-order valence-electron chi connectivity index (χ3n) is 4.85. The van der Waals surface area contributed by atoms with Crippen LogP contribution in [0.1, 0.15) is 80.1 Å². The topological polar surface area (TPSA) is 17.1 Å². The van der Waals surface area contributed by atoms with Gasteiger partial charge in [-0.2, -0.15) is 0 Å². The summed E-state index contributed by atoms with van der Waals surface area (Å²) >= 11 is 0. The maximum atomic E-state index is 11.6. The third-order valence-corrected chi connectivity index (χ3v) is 4.85. The highest BCUT2D eigenvalue weighted by Gasteiger charge is 2.28. The van der Waals surface area contributed by atoms with E-state index < -0.39 is 0 Å². The average Bonchev–Trinajstić information content (AvgIpc) is 2.28. The zero-order valence-corrected chi connectivity index (χ0v) is 12.2.